The van der Waals surface area contributed by atoms with Gasteiger partial charge in [-0.25, -0.2) is 4.39 Å². The first-order valence-electron chi connectivity index (χ1n) is 6.81. The van der Waals surface area contributed by atoms with E-state index in [1.54, 1.807) is 12.1 Å². The molecule has 0 radical (unpaired) electrons. The van der Waals surface area contributed by atoms with Crippen LogP contribution in [0.4, 0.5) is 8.78 Å². The smallest absolute Gasteiger partial charge is 0.201 e. The van der Waals surface area contributed by atoms with Gasteiger partial charge < -0.3 is 4.74 Å². The van der Waals surface area contributed by atoms with Crippen LogP contribution in [0.25, 0.3) is 10.4 Å². The topological polar surface area (TPSA) is 9.23 Å². The second-order valence-corrected chi connectivity index (χ2v) is 5.99. The van der Waals surface area contributed by atoms with Gasteiger partial charge in [-0.1, -0.05) is 19.8 Å². The summed E-state index contributed by atoms with van der Waals surface area (Å²) in [5.74, 6) is -1.74. The molecule has 0 spiro atoms. The van der Waals surface area contributed by atoms with E-state index in [1.807, 2.05) is 13.0 Å². The van der Waals surface area contributed by atoms with E-state index < -0.39 is 11.6 Å². The quantitative estimate of drug-likeness (QED) is 0.633. The van der Waals surface area contributed by atoms with Gasteiger partial charge in [-0.2, -0.15) is 4.39 Å². The van der Waals surface area contributed by atoms with Crippen LogP contribution in [0.1, 0.15) is 31.1 Å². The number of halogens is 2. The number of unbranched alkanes of at least 4 members (excludes halogenated alkanes) is 2. The summed E-state index contributed by atoms with van der Waals surface area (Å²) in [6.45, 7) is 4.44. The maximum absolute atomic E-state index is 14.1. The van der Waals surface area contributed by atoms with Crippen LogP contribution in [0.5, 0.6) is 5.75 Å². The molecule has 4 heteroatoms. The van der Waals surface area contributed by atoms with Gasteiger partial charge >= 0.3 is 0 Å². The third kappa shape index (κ3) is 3.37. The van der Waals surface area contributed by atoms with Crippen LogP contribution in [-0.2, 0) is 0 Å². The van der Waals surface area contributed by atoms with E-state index in [1.165, 1.54) is 17.4 Å². The summed E-state index contributed by atoms with van der Waals surface area (Å²) < 4.78 is 33.4. The van der Waals surface area contributed by atoms with E-state index in [4.69, 9.17) is 4.74 Å². The highest BCUT2D eigenvalue weighted by molar-refractivity contribution is 7.15. The van der Waals surface area contributed by atoms with E-state index in [9.17, 15) is 8.78 Å². The highest BCUT2D eigenvalue weighted by atomic mass is 32.1. The molecule has 2 aromatic rings. The minimum Gasteiger partial charge on any atom is -0.490 e. The molecule has 20 heavy (non-hydrogen) atoms. The van der Waals surface area contributed by atoms with Gasteiger partial charge in [0.25, 0.3) is 0 Å². The van der Waals surface area contributed by atoms with Gasteiger partial charge in [0.05, 0.1) is 6.61 Å². The number of ether oxygens (including phenoxy) is 1. The van der Waals surface area contributed by atoms with E-state index in [2.05, 4.69) is 6.92 Å². The molecule has 0 amide bonds. The number of hydrogen-bond acceptors (Lipinski definition) is 2. The van der Waals surface area contributed by atoms with Crippen molar-refractivity contribution in [1.82, 2.24) is 0 Å². The Morgan fingerprint density at radius 2 is 1.85 bits per heavy atom. The van der Waals surface area contributed by atoms with Crippen molar-refractivity contribution in [1.29, 1.82) is 0 Å². The highest BCUT2D eigenvalue weighted by Gasteiger charge is 2.16. The van der Waals surface area contributed by atoms with Crippen molar-refractivity contribution >= 4 is 11.3 Å². The molecule has 0 bridgehead atoms. The van der Waals surface area contributed by atoms with Crippen molar-refractivity contribution < 1.29 is 13.5 Å². The summed E-state index contributed by atoms with van der Waals surface area (Å²) in [5.41, 5.74) is 0.293. The van der Waals surface area contributed by atoms with Crippen LogP contribution < -0.4 is 4.74 Å². The number of rotatable bonds is 6. The first kappa shape index (κ1) is 15.0. The van der Waals surface area contributed by atoms with Crippen LogP contribution in [0.15, 0.2) is 24.3 Å². The van der Waals surface area contributed by atoms with Gasteiger partial charge in [-0.05, 0) is 37.6 Å². The molecule has 0 saturated carbocycles. The SMILES string of the molecule is CCCCCOc1ccc(-c2ccc(C)s2)c(F)c1F. The molecule has 1 nitrogen and oxygen atoms in total. The Bertz CT molecular complexity index is 578. The van der Waals surface area contributed by atoms with E-state index in [0.717, 1.165) is 29.0 Å². The van der Waals surface area contributed by atoms with E-state index in [-0.39, 0.29) is 5.75 Å². The zero-order valence-electron chi connectivity index (χ0n) is 11.7. The average molecular weight is 296 g/mol. The van der Waals surface area contributed by atoms with E-state index >= 15 is 0 Å². The molecular formula is C16H18F2OS. The van der Waals surface area contributed by atoms with Crippen LogP contribution >= 0.6 is 11.3 Å². The van der Waals surface area contributed by atoms with E-state index in [0.29, 0.717) is 12.2 Å². The zero-order chi connectivity index (χ0) is 14.5. The third-order valence-corrected chi connectivity index (χ3v) is 4.09. The lowest BCUT2D eigenvalue weighted by molar-refractivity contribution is 0.286. The summed E-state index contributed by atoms with van der Waals surface area (Å²) in [5, 5.41) is 0. The molecule has 0 N–H and O–H groups in total. The zero-order valence-corrected chi connectivity index (χ0v) is 12.5. The Labute approximate surface area is 122 Å². The number of hydrogen-bond donors (Lipinski definition) is 0. The molecule has 0 saturated heterocycles. The lowest BCUT2D eigenvalue weighted by atomic mass is 10.1. The lowest BCUT2D eigenvalue weighted by Crippen LogP contribution is -2.01. The number of thiophene rings is 1. The second kappa shape index (κ2) is 6.84. The first-order chi connectivity index (χ1) is 9.63. The average Bonchev–Trinajstić information content (AvgIpc) is 2.86. The highest BCUT2D eigenvalue weighted by Crippen LogP contribution is 2.33. The van der Waals surface area contributed by atoms with Gasteiger partial charge in [0, 0.05) is 15.3 Å². The predicted octanol–water partition coefficient (Wildman–Crippen LogP) is 5.57. The Morgan fingerprint density at radius 1 is 1.05 bits per heavy atom. The molecule has 1 aromatic carbocycles. The van der Waals surface area contributed by atoms with Crippen molar-refractivity contribution in [2.75, 3.05) is 6.61 Å². The molecular weight excluding hydrogens is 278 g/mol. The maximum atomic E-state index is 14.1. The van der Waals surface area contributed by atoms with Gasteiger partial charge in [0.1, 0.15) is 0 Å². The van der Waals surface area contributed by atoms with Crippen LogP contribution in [0, 0.1) is 18.6 Å². The molecule has 0 aliphatic heterocycles. The summed E-state index contributed by atoms with van der Waals surface area (Å²) in [6, 6.07) is 6.79. The summed E-state index contributed by atoms with van der Waals surface area (Å²) >= 11 is 1.45. The fourth-order valence-electron chi connectivity index (χ4n) is 1.95. The molecule has 0 aliphatic carbocycles. The number of benzene rings is 1. The van der Waals surface area contributed by atoms with Gasteiger partial charge in [-0.3, -0.25) is 0 Å². The fourth-order valence-corrected chi connectivity index (χ4v) is 2.83. The summed E-state index contributed by atoms with van der Waals surface area (Å²) in [4.78, 5) is 1.80. The minimum absolute atomic E-state index is 0.00405. The van der Waals surface area contributed by atoms with Crippen LogP contribution in [0.3, 0.4) is 0 Å². The monoisotopic (exact) mass is 296 g/mol. The molecule has 1 heterocycles. The van der Waals surface area contributed by atoms with Gasteiger partial charge in [-0.15, -0.1) is 11.3 Å². The molecule has 0 aliphatic rings. The normalized spacial score (nSPS) is 10.8. The number of aryl methyl sites for hydroxylation is 1. The predicted molar refractivity (Wildman–Crippen MR) is 79.4 cm³/mol. The van der Waals surface area contributed by atoms with Crippen LogP contribution in [-0.4, -0.2) is 6.61 Å². The fraction of sp³-hybridized carbons (Fsp3) is 0.375. The van der Waals surface area contributed by atoms with Crippen molar-refractivity contribution in [3.63, 3.8) is 0 Å². The molecule has 108 valence electrons. The van der Waals surface area contributed by atoms with Crippen molar-refractivity contribution in [2.24, 2.45) is 0 Å². The minimum atomic E-state index is -0.898. The molecule has 0 unspecified atom stereocenters. The van der Waals surface area contributed by atoms with Crippen LogP contribution in [0.2, 0.25) is 0 Å². The van der Waals surface area contributed by atoms with Gasteiger partial charge in [0.15, 0.2) is 11.6 Å². The molecule has 1 aromatic heterocycles. The van der Waals surface area contributed by atoms with Crippen molar-refractivity contribution in [2.45, 2.75) is 33.1 Å². The second-order valence-electron chi connectivity index (χ2n) is 4.71. The van der Waals surface area contributed by atoms with Gasteiger partial charge in [0.2, 0.25) is 5.82 Å². The Balaban J connectivity index is 2.16. The molecule has 2 rings (SSSR count). The molecule has 0 atom stereocenters. The first-order valence-corrected chi connectivity index (χ1v) is 7.62. The largest absolute Gasteiger partial charge is 0.490 e. The Morgan fingerprint density at radius 3 is 2.50 bits per heavy atom. The summed E-state index contributed by atoms with van der Waals surface area (Å²) in [6.07, 6.45) is 2.94. The van der Waals surface area contributed by atoms with Crippen molar-refractivity contribution in [3.8, 4) is 16.2 Å². The third-order valence-electron chi connectivity index (χ3n) is 3.06. The Hall–Kier alpha value is -1.42. The van der Waals surface area contributed by atoms with Crippen molar-refractivity contribution in [3.05, 3.63) is 40.8 Å². The summed E-state index contributed by atoms with van der Waals surface area (Å²) in [7, 11) is 0. The molecule has 0 fully saturated rings. The standard InChI is InChI=1S/C16H18F2OS/c1-3-4-5-10-19-13-8-7-12(15(17)16(13)18)14-9-6-11(2)20-14/h6-9H,3-5,10H2,1-2H3. The maximum Gasteiger partial charge on any atom is 0.201 e. The Kier molecular flexibility index (Phi) is 5.12. The lowest BCUT2D eigenvalue weighted by Gasteiger charge is -2.09.